The van der Waals surface area contributed by atoms with Crippen LogP contribution >= 0.6 is 23.5 Å². The van der Waals surface area contributed by atoms with E-state index in [1.165, 1.54) is 44.9 Å². The van der Waals surface area contributed by atoms with Crippen LogP contribution in [0.1, 0.15) is 96.8 Å². The fourth-order valence-corrected chi connectivity index (χ4v) is 7.45. The van der Waals surface area contributed by atoms with Crippen molar-refractivity contribution >= 4 is 35.4 Å². The van der Waals surface area contributed by atoms with Gasteiger partial charge in [0, 0.05) is 12.3 Å². The van der Waals surface area contributed by atoms with Crippen molar-refractivity contribution in [2.45, 2.75) is 140 Å². The molecule has 19 nitrogen and oxygen atoms in total. The molecule has 0 aromatic rings. The third-order valence-electron chi connectivity index (χ3n) is 8.01. The number of terminal acetylenes is 1. The lowest BCUT2D eigenvalue weighted by Gasteiger charge is -2.44. The van der Waals surface area contributed by atoms with Crippen molar-refractivity contribution in [3.8, 4) is 59.7 Å². The normalized spacial score (nSPS) is 21.7. The first kappa shape index (κ1) is 53.0. The number of aliphatic hydroxyl groups is 3. The molecule has 0 amide bonds. The maximum Gasteiger partial charge on any atom is 0.472 e. The molecular weight excluding hydrogens is 829 g/mol. The number of ether oxygens (including phenoxy) is 2. The van der Waals surface area contributed by atoms with Crippen molar-refractivity contribution in [1.82, 2.24) is 0 Å². The Morgan fingerprint density at radius 1 is 0.603 bits per heavy atom. The lowest BCUT2D eigenvalue weighted by Crippen LogP contribution is -2.65. The van der Waals surface area contributed by atoms with Crippen molar-refractivity contribution in [1.29, 1.82) is 0 Å². The van der Waals surface area contributed by atoms with Crippen molar-refractivity contribution in [3.63, 3.8) is 0 Å². The molecule has 0 aromatic heterocycles. The maximum atomic E-state index is 13.0. The molecule has 0 bridgehead atoms. The summed E-state index contributed by atoms with van der Waals surface area (Å²) in [5, 5.41) is 31.6. The van der Waals surface area contributed by atoms with E-state index in [-0.39, 0.29) is 6.42 Å². The molecule has 8 atom stereocenters. The number of hydrogen-bond acceptors (Lipinski definition) is 14. The molecule has 0 aliphatic heterocycles. The van der Waals surface area contributed by atoms with Crippen LogP contribution in [0.2, 0.25) is 0 Å². The third kappa shape index (κ3) is 24.8. The summed E-state index contributed by atoms with van der Waals surface area (Å²) < 4.78 is 64.3. The number of phosphoric ester groups is 3. The Balaban J connectivity index is 2.94. The molecule has 8 N–H and O–H groups in total. The van der Waals surface area contributed by atoms with Gasteiger partial charge in [0.1, 0.15) is 43.2 Å². The van der Waals surface area contributed by atoms with Gasteiger partial charge >= 0.3 is 35.4 Å². The Morgan fingerprint density at radius 2 is 1.02 bits per heavy atom. The van der Waals surface area contributed by atoms with E-state index in [0.717, 1.165) is 25.7 Å². The molecule has 1 rings (SSSR count). The SMILES string of the molecule is C#CC#CC#CC#CC#CC(=O)OC[C@@H](COP(=O)(O)OC1C(O)C(OP(=O)(O)O)C(O)C(OP(=O)(O)O)[C@@H]1O)OC(=O)CCCCCCCCCCCCCCC. The molecule has 1 fully saturated rings. The Hall–Kier alpha value is -3.05. The van der Waals surface area contributed by atoms with E-state index in [1.807, 2.05) is 11.8 Å². The largest absolute Gasteiger partial charge is 0.472 e. The van der Waals surface area contributed by atoms with Crippen LogP contribution in [0.25, 0.3) is 0 Å². The molecule has 324 valence electrons. The van der Waals surface area contributed by atoms with Crippen LogP contribution in [0.15, 0.2) is 0 Å². The highest BCUT2D eigenvalue weighted by molar-refractivity contribution is 7.47. The number of unbranched alkanes of at least 4 members (excludes halogenated alkanes) is 12. The second kappa shape index (κ2) is 28.4. The third-order valence-corrected chi connectivity index (χ3v) is 10.0. The van der Waals surface area contributed by atoms with Gasteiger partial charge in [-0.3, -0.25) is 22.9 Å². The van der Waals surface area contributed by atoms with E-state index in [0.29, 0.717) is 12.8 Å². The van der Waals surface area contributed by atoms with Gasteiger partial charge in [0.15, 0.2) is 6.10 Å². The zero-order valence-corrected chi connectivity index (χ0v) is 34.5. The summed E-state index contributed by atoms with van der Waals surface area (Å²) in [6.07, 6.45) is 1.95. The Kier molecular flexibility index (Phi) is 26.0. The van der Waals surface area contributed by atoms with Crippen LogP contribution in [0.4, 0.5) is 0 Å². The van der Waals surface area contributed by atoms with Crippen molar-refractivity contribution in [3.05, 3.63) is 0 Å². The molecule has 0 saturated heterocycles. The molecule has 0 radical (unpaired) electrons. The highest BCUT2D eigenvalue weighted by Crippen LogP contribution is 2.51. The summed E-state index contributed by atoms with van der Waals surface area (Å²) in [4.78, 5) is 72.2. The summed E-state index contributed by atoms with van der Waals surface area (Å²) in [6.45, 7) is 0.353. The zero-order chi connectivity index (χ0) is 43.6. The molecule has 0 aromatic carbocycles. The zero-order valence-electron chi connectivity index (χ0n) is 31.8. The summed E-state index contributed by atoms with van der Waals surface area (Å²) in [7, 11) is -16.7. The van der Waals surface area contributed by atoms with Gasteiger partial charge in [0.05, 0.1) is 6.61 Å². The Morgan fingerprint density at radius 3 is 1.47 bits per heavy atom. The summed E-state index contributed by atoms with van der Waals surface area (Å²) >= 11 is 0. The summed E-state index contributed by atoms with van der Waals surface area (Å²) in [5.41, 5.74) is 0. The number of phosphoric acid groups is 3. The highest BCUT2D eigenvalue weighted by Gasteiger charge is 2.56. The van der Waals surface area contributed by atoms with E-state index in [4.69, 9.17) is 24.9 Å². The molecular formula is C36H51O19P3. The van der Waals surface area contributed by atoms with Crippen molar-refractivity contribution in [2.24, 2.45) is 0 Å². The first-order chi connectivity index (χ1) is 27.3. The van der Waals surface area contributed by atoms with Crippen LogP contribution in [-0.2, 0) is 50.9 Å². The van der Waals surface area contributed by atoms with E-state index in [9.17, 15) is 63.1 Å². The second-order valence-electron chi connectivity index (χ2n) is 12.8. The molecule has 1 aliphatic rings. The van der Waals surface area contributed by atoms with Gasteiger partial charge < -0.3 is 49.3 Å². The van der Waals surface area contributed by atoms with E-state index in [1.54, 1.807) is 0 Å². The van der Waals surface area contributed by atoms with Gasteiger partial charge in [-0.15, -0.1) is 6.42 Å². The quantitative estimate of drug-likeness (QED) is 0.0203. The minimum Gasteiger partial charge on any atom is -0.456 e. The number of carbonyl (C=O) groups excluding carboxylic acids is 2. The van der Waals surface area contributed by atoms with Crippen LogP contribution < -0.4 is 0 Å². The number of aliphatic hydroxyl groups excluding tert-OH is 3. The predicted molar refractivity (Wildman–Crippen MR) is 204 cm³/mol. The summed E-state index contributed by atoms with van der Waals surface area (Å²) in [6, 6.07) is 0. The molecule has 22 heteroatoms. The molecule has 1 aliphatic carbocycles. The number of rotatable bonds is 26. The van der Waals surface area contributed by atoms with Gasteiger partial charge in [-0.05, 0) is 53.8 Å². The van der Waals surface area contributed by atoms with Gasteiger partial charge in [-0.25, -0.2) is 18.5 Å². The molecule has 58 heavy (non-hydrogen) atoms. The Labute approximate surface area is 338 Å². The summed E-state index contributed by atoms with van der Waals surface area (Å²) in [5.74, 6) is 17.9. The standard InChI is InChI=1S/C36H51O19P3/c1-3-5-7-9-11-13-14-15-16-17-19-21-23-25-30(38)52-28(26-50-29(37)24-22-20-18-12-10-8-6-4-2)27-51-58(48,49)55-36-32(40)34(53-56(42,43)44)31(39)35(33(36)41)54-57(45,46)47/h2,28,31-36,39-41H,3,5,7,9,11,13-17,19,21,23,25-27H2,1H3,(H,48,49)(H2,42,43,44)(H2,45,46,47)/t28-,31?,32-,33?,34?,35?,36?/m0/s1. The number of hydrogen-bond donors (Lipinski definition) is 8. The predicted octanol–water partition coefficient (Wildman–Crippen LogP) is 2.12. The van der Waals surface area contributed by atoms with E-state index in [2.05, 4.69) is 57.4 Å². The van der Waals surface area contributed by atoms with Crippen LogP contribution in [0.3, 0.4) is 0 Å². The fourth-order valence-electron chi connectivity index (χ4n) is 5.35. The second-order valence-corrected chi connectivity index (χ2v) is 16.6. The van der Waals surface area contributed by atoms with Crippen molar-refractivity contribution < 1.29 is 90.6 Å². The average Bonchev–Trinajstić information content (AvgIpc) is 3.14. The lowest BCUT2D eigenvalue weighted by molar-refractivity contribution is -0.213. The van der Waals surface area contributed by atoms with E-state index < -0.39 is 91.3 Å². The minimum absolute atomic E-state index is 0.0810. The topological polar surface area (TPSA) is 303 Å². The molecule has 6 unspecified atom stereocenters. The molecule has 1 saturated carbocycles. The molecule has 0 spiro atoms. The van der Waals surface area contributed by atoms with Gasteiger partial charge in [0.25, 0.3) is 0 Å². The van der Waals surface area contributed by atoms with Gasteiger partial charge in [0.2, 0.25) is 0 Å². The molecule has 0 heterocycles. The van der Waals surface area contributed by atoms with E-state index >= 15 is 0 Å². The monoisotopic (exact) mass is 880 g/mol. The lowest BCUT2D eigenvalue weighted by atomic mass is 9.85. The van der Waals surface area contributed by atoms with Crippen molar-refractivity contribution in [2.75, 3.05) is 13.2 Å². The smallest absolute Gasteiger partial charge is 0.456 e. The number of carbonyl (C=O) groups is 2. The first-order valence-corrected chi connectivity index (χ1v) is 22.9. The fraction of sp³-hybridized carbons (Fsp3) is 0.667. The van der Waals surface area contributed by atoms with Gasteiger partial charge in [-0.2, -0.15) is 0 Å². The highest BCUT2D eigenvalue weighted by atomic mass is 31.2. The van der Waals surface area contributed by atoms with Crippen LogP contribution in [-0.4, -0.2) is 108 Å². The maximum absolute atomic E-state index is 13.0. The average molecular weight is 881 g/mol. The first-order valence-electron chi connectivity index (χ1n) is 18.3. The van der Waals surface area contributed by atoms with Gasteiger partial charge in [-0.1, -0.05) is 84.0 Å². The number of esters is 2. The Bertz CT molecular complexity index is 1700. The van der Waals surface area contributed by atoms with Crippen LogP contribution in [0.5, 0.6) is 0 Å². The van der Waals surface area contributed by atoms with Crippen LogP contribution in [0, 0.1) is 59.7 Å². The minimum atomic E-state index is -5.57.